The Bertz CT molecular complexity index is 610. The molecule has 2 aliphatic rings. The van der Waals surface area contributed by atoms with Crippen LogP contribution >= 0.6 is 11.8 Å². The molecule has 3 rings (SSSR count). The highest BCUT2D eigenvalue weighted by Gasteiger charge is 2.21. The number of nitrogens with zero attached hydrogens (tertiary/aromatic N) is 1. The van der Waals surface area contributed by atoms with Gasteiger partial charge < -0.3 is 19.7 Å². The molecule has 0 saturated carbocycles. The molecule has 5 nitrogen and oxygen atoms in total. The lowest BCUT2D eigenvalue weighted by molar-refractivity contribution is -0.116. The van der Waals surface area contributed by atoms with Crippen LogP contribution in [-0.2, 0) is 4.79 Å². The smallest absolute Gasteiger partial charge is 0.258 e. The van der Waals surface area contributed by atoms with Crippen molar-refractivity contribution in [3.63, 3.8) is 0 Å². The van der Waals surface area contributed by atoms with Crippen LogP contribution in [0.5, 0.6) is 11.5 Å². The molecule has 0 spiro atoms. The summed E-state index contributed by atoms with van der Waals surface area (Å²) in [4.78, 5) is 14.9. The van der Waals surface area contributed by atoms with Crippen LogP contribution in [0.15, 0.2) is 17.0 Å². The van der Waals surface area contributed by atoms with Crippen molar-refractivity contribution in [3.05, 3.63) is 22.6 Å². The summed E-state index contributed by atoms with van der Waals surface area (Å²) in [6.45, 7) is 2.07. The Balaban J connectivity index is 2.06. The molecular weight excluding hydrogens is 300 g/mol. The normalized spacial score (nSPS) is 19.6. The molecule has 2 aliphatic heterocycles. The number of hydrogen-bond donors (Lipinski definition) is 1. The molecule has 2 saturated heterocycles. The van der Waals surface area contributed by atoms with Gasteiger partial charge >= 0.3 is 0 Å². The minimum Gasteiger partial charge on any atom is -0.493 e. The molecule has 0 aromatic heterocycles. The first-order chi connectivity index (χ1) is 10.7. The van der Waals surface area contributed by atoms with Crippen LogP contribution < -0.4 is 19.7 Å². The van der Waals surface area contributed by atoms with Gasteiger partial charge in [0.25, 0.3) is 5.91 Å². The second-order valence-corrected chi connectivity index (χ2v) is 6.28. The van der Waals surface area contributed by atoms with Crippen molar-refractivity contribution in [2.24, 2.45) is 0 Å². The second-order valence-electron chi connectivity index (χ2n) is 5.26. The zero-order chi connectivity index (χ0) is 15.5. The number of anilines is 1. The van der Waals surface area contributed by atoms with E-state index in [1.165, 1.54) is 24.6 Å². The number of rotatable bonds is 4. The van der Waals surface area contributed by atoms with Crippen molar-refractivity contribution >= 4 is 29.4 Å². The van der Waals surface area contributed by atoms with Crippen molar-refractivity contribution in [2.75, 3.05) is 38.1 Å². The highest BCUT2D eigenvalue weighted by atomic mass is 32.2. The monoisotopic (exact) mass is 320 g/mol. The maximum atomic E-state index is 11.8. The van der Waals surface area contributed by atoms with Gasteiger partial charge in [0.2, 0.25) is 0 Å². The van der Waals surface area contributed by atoms with E-state index >= 15 is 0 Å². The maximum absolute atomic E-state index is 11.8. The number of hydrogen-bond acceptors (Lipinski definition) is 5. The van der Waals surface area contributed by atoms with Crippen molar-refractivity contribution in [1.29, 1.82) is 0 Å². The molecule has 1 aromatic carbocycles. The van der Waals surface area contributed by atoms with Gasteiger partial charge in [0.15, 0.2) is 11.5 Å². The van der Waals surface area contributed by atoms with Crippen molar-refractivity contribution < 1.29 is 14.3 Å². The molecule has 22 heavy (non-hydrogen) atoms. The number of carbonyl (C=O) groups is 1. The number of methoxy groups -OCH3 is 2. The van der Waals surface area contributed by atoms with Crippen LogP contribution in [0, 0.1) is 0 Å². The van der Waals surface area contributed by atoms with Crippen LogP contribution in [0.25, 0.3) is 6.08 Å². The fourth-order valence-electron chi connectivity index (χ4n) is 2.81. The van der Waals surface area contributed by atoms with Crippen molar-refractivity contribution in [1.82, 2.24) is 5.32 Å². The molecule has 0 unspecified atom stereocenters. The molecule has 0 bridgehead atoms. The Labute approximate surface area is 134 Å². The molecule has 1 N–H and O–H groups in total. The number of thioether (sulfide) groups is 1. The standard InChI is InChI=1S/C16H20N2O3S/c1-20-13-7-11(8-15-16(19)17-10-22-15)12(9-14(13)21-2)18-5-3-4-6-18/h7-9H,3-6,10H2,1-2H3,(H,17,19). The van der Waals surface area contributed by atoms with Crippen LogP contribution in [0.1, 0.15) is 18.4 Å². The predicted octanol–water partition coefficient (Wildman–Crippen LogP) is 2.47. The lowest BCUT2D eigenvalue weighted by atomic mass is 10.1. The van der Waals surface area contributed by atoms with Gasteiger partial charge in [0.1, 0.15) is 0 Å². The Morgan fingerprint density at radius 1 is 1.18 bits per heavy atom. The zero-order valence-corrected chi connectivity index (χ0v) is 13.7. The van der Waals surface area contributed by atoms with Gasteiger partial charge in [-0.05, 0) is 25.0 Å². The minimum atomic E-state index is -0.00726. The summed E-state index contributed by atoms with van der Waals surface area (Å²) in [6, 6.07) is 3.96. The van der Waals surface area contributed by atoms with E-state index in [1.807, 2.05) is 18.2 Å². The van der Waals surface area contributed by atoms with E-state index in [2.05, 4.69) is 10.2 Å². The van der Waals surface area contributed by atoms with E-state index in [4.69, 9.17) is 9.47 Å². The third-order valence-electron chi connectivity index (χ3n) is 3.95. The number of nitrogens with one attached hydrogen (secondary N) is 1. The highest BCUT2D eigenvalue weighted by Crippen LogP contribution is 2.38. The SMILES string of the molecule is COc1cc(C=C2SCNC2=O)c(N2CCCC2)cc1OC. The minimum absolute atomic E-state index is 0.00726. The highest BCUT2D eigenvalue weighted by molar-refractivity contribution is 8.04. The molecule has 2 heterocycles. The maximum Gasteiger partial charge on any atom is 0.258 e. The van der Waals surface area contributed by atoms with E-state index in [0.29, 0.717) is 11.6 Å². The van der Waals surface area contributed by atoms with Gasteiger partial charge in [-0.2, -0.15) is 0 Å². The first kappa shape index (κ1) is 15.1. The lowest BCUT2D eigenvalue weighted by Gasteiger charge is -2.22. The van der Waals surface area contributed by atoms with E-state index in [1.54, 1.807) is 14.2 Å². The molecule has 1 amide bonds. The third kappa shape index (κ3) is 2.88. The van der Waals surface area contributed by atoms with E-state index in [9.17, 15) is 4.79 Å². The van der Waals surface area contributed by atoms with Gasteiger partial charge in [0.05, 0.1) is 25.0 Å². The summed E-state index contributed by atoms with van der Waals surface area (Å²) in [5, 5.41) is 2.82. The lowest BCUT2D eigenvalue weighted by Crippen LogP contribution is -2.19. The summed E-state index contributed by atoms with van der Waals surface area (Å²) in [6.07, 6.45) is 4.34. The summed E-state index contributed by atoms with van der Waals surface area (Å²) in [5.74, 6) is 2.03. The molecule has 0 aliphatic carbocycles. The fourth-order valence-corrected chi connectivity index (χ4v) is 3.58. The van der Waals surface area contributed by atoms with Crippen LogP contribution in [0.3, 0.4) is 0 Å². The fraction of sp³-hybridized carbons (Fsp3) is 0.438. The summed E-state index contributed by atoms with van der Waals surface area (Å²) >= 11 is 1.53. The van der Waals surface area contributed by atoms with Crippen LogP contribution in [0.2, 0.25) is 0 Å². The third-order valence-corrected chi connectivity index (χ3v) is 4.85. The average Bonchev–Trinajstić information content (AvgIpc) is 3.19. The summed E-state index contributed by atoms with van der Waals surface area (Å²) < 4.78 is 10.8. The van der Waals surface area contributed by atoms with Gasteiger partial charge in [0, 0.05) is 30.4 Å². The van der Waals surface area contributed by atoms with Crippen molar-refractivity contribution in [3.8, 4) is 11.5 Å². The van der Waals surface area contributed by atoms with Gasteiger partial charge in [-0.1, -0.05) is 11.8 Å². The molecule has 1 aromatic rings. The Hall–Kier alpha value is -1.82. The molecule has 0 atom stereocenters. The first-order valence-electron chi connectivity index (χ1n) is 7.36. The largest absolute Gasteiger partial charge is 0.493 e. The quantitative estimate of drug-likeness (QED) is 0.864. The number of amides is 1. The number of benzene rings is 1. The zero-order valence-electron chi connectivity index (χ0n) is 12.8. The predicted molar refractivity (Wildman–Crippen MR) is 89.6 cm³/mol. The molecule has 6 heteroatoms. The van der Waals surface area contributed by atoms with Gasteiger partial charge in [-0.15, -0.1) is 0 Å². The summed E-state index contributed by atoms with van der Waals surface area (Å²) in [7, 11) is 3.27. The Morgan fingerprint density at radius 3 is 2.45 bits per heavy atom. The Morgan fingerprint density at radius 2 is 1.86 bits per heavy atom. The second kappa shape index (κ2) is 6.52. The molecule has 2 fully saturated rings. The summed E-state index contributed by atoms with van der Waals surface area (Å²) in [5.41, 5.74) is 2.10. The topological polar surface area (TPSA) is 50.8 Å². The van der Waals surface area contributed by atoms with Gasteiger partial charge in [-0.25, -0.2) is 0 Å². The number of carbonyl (C=O) groups excluding carboxylic acids is 1. The van der Waals surface area contributed by atoms with Gasteiger partial charge in [-0.3, -0.25) is 4.79 Å². The molecule has 118 valence electrons. The van der Waals surface area contributed by atoms with Crippen LogP contribution in [-0.4, -0.2) is 39.1 Å². The molecule has 0 radical (unpaired) electrons. The number of ether oxygens (including phenoxy) is 2. The van der Waals surface area contributed by atoms with Crippen molar-refractivity contribution in [2.45, 2.75) is 12.8 Å². The average molecular weight is 320 g/mol. The van der Waals surface area contributed by atoms with Crippen LogP contribution in [0.4, 0.5) is 5.69 Å². The Kier molecular flexibility index (Phi) is 4.47. The first-order valence-corrected chi connectivity index (χ1v) is 8.35. The van der Waals surface area contributed by atoms with E-state index in [0.717, 1.165) is 35.0 Å². The molecular formula is C16H20N2O3S. The van der Waals surface area contributed by atoms with E-state index < -0.39 is 0 Å². The van der Waals surface area contributed by atoms with E-state index in [-0.39, 0.29) is 5.91 Å².